The molecule has 2 aromatic rings. The topological polar surface area (TPSA) is 69.6 Å². The molecule has 126 valence electrons. The second kappa shape index (κ2) is 6.91. The summed E-state index contributed by atoms with van der Waals surface area (Å²) in [6.45, 7) is 2.17. The van der Waals surface area contributed by atoms with E-state index in [1.165, 1.54) is 4.90 Å². The average molecular weight is 391 g/mol. The van der Waals surface area contributed by atoms with Crippen LogP contribution < -0.4 is 5.32 Å². The maximum atomic E-state index is 12.6. The number of fused-ring (bicyclic) bond motifs is 1. The number of anilines is 1. The van der Waals surface area contributed by atoms with Gasteiger partial charge in [0.2, 0.25) is 11.8 Å². The second-order valence-corrected chi connectivity index (χ2v) is 6.85. The molecule has 1 fully saturated rings. The Morgan fingerprint density at radius 1 is 1.25 bits per heavy atom. The van der Waals surface area contributed by atoms with Crippen molar-refractivity contribution in [2.75, 3.05) is 11.9 Å². The number of hydrogen-bond acceptors (Lipinski definition) is 3. The number of carbonyl (C=O) groups is 2. The maximum Gasteiger partial charge on any atom is 0.249 e. The highest BCUT2D eigenvalue weighted by molar-refractivity contribution is 9.10. The number of rotatable bonds is 3. The number of aliphatic hydroxyl groups is 1. The van der Waals surface area contributed by atoms with Gasteiger partial charge in [-0.05, 0) is 41.5 Å². The molecule has 24 heavy (non-hydrogen) atoms. The monoisotopic (exact) mass is 390 g/mol. The van der Waals surface area contributed by atoms with E-state index in [9.17, 15) is 14.7 Å². The number of benzene rings is 2. The summed E-state index contributed by atoms with van der Waals surface area (Å²) in [6.07, 6.45) is -0.0754. The normalized spacial score (nSPS) is 20.4. The minimum absolute atomic E-state index is 0.116. The van der Waals surface area contributed by atoms with E-state index in [1.54, 1.807) is 6.92 Å². The van der Waals surface area contributed by atoms with Gasteiger partial charge in [-0.15, -0.1) is 0 Å². The number of likely N-dealkylation sites (tertiary alicyclic amines) is 1. The second-order valence-electron chi connectivity index (χ2n) is 5.94. The standard InChI is InChI=1S/C18H19BrN2O3/c1-2-16(23)21-8-7-15(22)17(21)18(24)20-14-6-4-11-9-13(19)5-3-12(11)10-14/h3-6,9-10,15,17,22H,2,7-8H2,1H3,(H,20,24). The third kappa shape index (κ3) is 3.30. The summed E-state index contributed by atoms with van der Waals surface area (Å²) in [5, 5.41) is 15.0. The van der Waals surface area contributed by atoms with Gasteiger partial charge in [0.25, 0.3) is 0 Å². The van der Waals surface area contributed by atoms with Gasteiger partial charge in [-0.2, -0.15) is 0 Å². The van der Waals surface area contributed by atoms with Crippen LogP contribution in [0.2, 0.25) is 0 Å². The number of nitrogens with zero attached hydrogens (tertiary/aromatic N) is 1. The first-order valence-electron chi connectivity index (χ1n) is 7.97. The minimum atomic E-state index is -0.822. The van der Waals surface area contributed by atoms with Gasteiger partial charge < -0.3 is 15.3 Å². The lowest BCUT2D eigenvalue weighted by Crippen LogP contribution is -2.47. The SMILES string of the molecule is CCC(=O)N1CCC(O)C1C(=O)Nc1ccc2cc(Br)ccc2c1. The van der Waals surface area contributed by atoms with Crippen molar-refractivity contribution >= 4 is 44.2 Å². The Hall–Kier alpha value is -1.92. The Labute approximate surface area is 148 Å². The molecule has 0 saturated carbocycles. The summed E-state index contributed by atoms with van der Waals surface area (Å²) in [5.41, 5.74) is 0.651. The van der Waals surface area contributed by atoms with Crippen molar-refractivity contribution in [2.45, 2.75) is 31.9 Å². The Balaban J connectivity index is 1.80. The first-order valence-corrected chi connectivity index (χ1v) is 8.76. The Bertz CT molecular complexity index is 793. The van der Waals surface area contributed by atoms with Crippen LogP contribution in [0.5, 0.6) is 0 Å². The molecule has 2 N–H and O–H groups in total. The quantitative estimate of drug-likeness (QED) is 0.846. The van der Waals surface area contributed by atoms with Crippen molar-refractivity contribution in [3.05, 3.63) is 40.9 Å². The van der Waals surface area contributed by atoms with Crippen LogP contribution in [0.15, 0.2) is 40.9 Å². The van der Waals surface area contributed by atoms with Gasteiger partial charge in [0.05, 0.1) is 6.10 Å². The van der Waals surface area contributed by atoms with E-state index in [0.29, 0.717) is 25.1 Å². The fourth-order valence-corrected chi connectivity index (χ4v) is 3.46. The highest BCUT2D eigenvalue weighted by Gasteiger charge is 2.40. The number of amides is 2. The van der Waals surface area contributed by atoms with Crippen molar-refractivity contribution in [3.8, 4) is 0 Å². The molecular weight excluding hydrogens is 372 g/mol. The third-order valence-corrected chi connectivity index (χ3v) is 4.82. The van der Waals surface area contributed by atoms with Gasteiger partial charge in [-0.3, -0.25) is 9.59 Å². The molecule has 6 heteroatoms. The van der Waals surface area contributed by atoms with E-state index in [0.717, 1.165) is 15.2 Å². The number of halogens is 1. The third-order valence-electron chi connectivity index (χ3n) is 4.33. The predicted molar refractivity (Wildman–Crippen MR) is 96.7 cm³/mol. The summed E-state index contributed by atoms with van der Waals surface area (Å²) in [6, 6.07) is 10.7. The number of carbonyl (C=O) groups excluding carboxylic acids is 2. The molecule has 0 radical (unpaired) electrons. The molecule has 0 aromatic heterocycles. The maximum absolute atomic E-state index is 12.6. The van der Waals surface area contributed by atoms with Crippen LogP contribution >= 0.6 is 15.9 Å². The fourth-order valence-electron chi connectivity index (χ4n) is 3.09. The molecule has 0 bridgehead atoms. The van der Waals surface area contributed by atoms with Crippen LogP contribution in [0.25, 0.3) is 10.8 Å². The van der Waals surface area contributed by atoms with E-state index in [4.69, 9.17) is 0 Å². The molecule has 2 aromatic carbocycles. The van der Waals surface area contributed by atoms with Gasteiger partial charge in [-0.25, -0.2) is 0 Å². The van der Waals surface area contributed by atoms with Crippen molar-refractivity contribution in [1.29, 1.82) is 0 Å². The predicted octanol–water partition coefficient (Wildman–Crippen LogP) is 2.91. The minimum Gasteiger partial charge on any atom is -0.390 e. The average Bonchev–Trinajstić information content (AvgIpc) is 2.96. The summed E-state index contributed by atoms with van der Waals surface area (Å²) in [5.74, 6) is -0.465. The summed E-state index contributed by atoms with van der Waals surface area (Å²) < 4.78 is 0.995. The first-order chi connectivity index (χ1) is 11.5. The lowest BCUT2D eigenvalue weighted by molar-refractivity contribution is -0.138. The molecule has 0 aliphatic carbocycles. The van der Waals surface area contributed by atoms with Gasteiger partial charge in [0.15, 0.2) is 0 Å². The van der Waals surface area contributed by atoms with Crippen molar-refractivity contribution in [1.82, 2.24) is 4.90 Å². The fraction of sp³-hybridized carbons (Fsp3) is 0.333. The van der Waals surface area contributed by atoms with Crippen LogP contribution in [0, 0.1) is 0 Å². The van der Waals surface area contributed by atoms with Crippen LogP contribution in [0.3, 0.4) is 0 Å². The molecule has 1 saturated heterocycles. The Morgan fingerprint density at radius 3 is 2.71 bits per heavy atom. The molecular formula is C18H19BrN2O3. The van der Waals surface area contributed by atoms with Gasteiger partial charge in [0.1, 0.15) is 6.04 Å². The van der Waals surface area contributed by atoms with E-state index < -0.39 is 12.1 Å². The number of nitrogens with one attached hydrogen (secondary N) is 1. The van der Waals surface area contributed by atoms with E-state index in [1.807, 2.05) is 36.4 Å². The smallest absolute Gasteiger partial charge is 0.249 e. The van der Waals surface area contributed by atoms with Crippen molar-refractivity contribution in [2.24, 2.45) is 0 Å². The van der Waals surface area contributed by atoms with Crippen LogP contribution in [-0.2, 0) is 9.59 Å². The zero-order valence-corrected chi connectivity index (χ0v) is 14.9. The van der Waals surface area contributed by atoms with Crippen LogP contribution in [-0.4, -0.2) is 40.5 Å². The highest BCUT2D eigenvalue weighted by Crippen LogP contribution is 2.25. The molecule has 2 atom stereocenters. The van der Waals surface area contributed by atoms with E-state index >= 15 is 0 Å². The molecule has 2 amide bonds. The molecule has 2 unspecified atom stereocenters. The zero-order chi connectivity index (χ0) is 17.3. The number of hydrogen-bond donors (Lipinski definition) is 2. The molecule has 1 aliphatic rings. The summed E-state index contributed by atoms with van der Waals surface area (Å²) >= 11 is 3.43. The molecule has 1 heterocycles. The van der Waals surface area contributed by atoms with Crippen LogP contribution in [0.4, 0.5) is 5.69 Å². The first kappa shape index (κ1) is 16.9. The highest BCUT2D eigenvalue weighted by atomic mass is 79.9. The summed E-state index contributed by atoms with van der Waals surface area (Å²) in [7, 11) is 0. The zero-order valence-electron chi connectivity index (χ0n) is 13.3. The molecule has 3 rings (SSSR count). The summed E-state index contributed by atoms with van der Waals surface area (Å²) in [4.78, 5) is 26.0. The van der Waals surface area contributed by atoms with Crippen molar-refractivity contribution in [3.63, 3.8) is 0 Å². The van der Waals surface area contributed by atoms with Gasteiger partial charge in [-0.1, -0.05) is 35.0 Å². The van der Waals surface area contributed by atoms with Crippen LogP contribution in [0.1, 0.15) is 19.8 Å². The molecule has 5 nitrogen and oxygen atoms in total. The Kier molecular flexibility index (Phi) is 4.87. The van der Waals surface area contributed by atoms with Gasteiger partial charge in [0, 0.05) is 23.1 Å². The lowest BCUT2D eigenvalue weighted by Gasteiger charge is -2.25. The lowest BCUT2D eigenvalue weighted by atomic mass is 10.1. The molecule has 1 aliphatic heterocycles. The Morgan fingerprint density at radius 2 is 1.96 bits per heavy atom. The largest absolute Gasteiger partial charge is 0.390 e. The van der Waals surface area contributed by atoms with E-state index in [2.05, 4.69) is 21.2 Å². The van der Waals surface area contributed by atoms with E-state index in [-0.39, 0.29) is 11.8 Å². The van der Waals surface area contributed by atoms with Gasteiger partial charge >= 0.3 is 0 Å². The van der Waals surface area contributed by atoms with Crippen molar-refractivity contribution < 1.29 is 14.7 Å². The molecule has 0 spiro atoms. The number of aliphatic hydroxyl groups excluding tert-OH is 1.